The Labute approximate surface area is 87.8 Å². The van der Waals surface area contributed by atoms with Gasteiger partial charge in [0.1, 0.15) is 6.33 Å². The van der Waals surface area contributed by atoms with Crippen LogP contribution in [0.4, 0.5) is 0 Å². The van der Waals surface area contributed by atoms with Crippen LogP contribution in [0.2, 0.25) is 0 Å². The lowest BCUT2D eigenvalue weighted by atomic mass is 10.1. The van der Waals surface area contributed by atoms with E-state index in [0.29, 0.717) is 5.92 Å². The lowest BCUT2D eigenvalue weighted by Gasteiger charge is -1.99. The second kappa shape index (κ2) is 7.48. The largest absolute Gasteiger partial charge is 0.245 e. The molecule has 0 saturated carbocycles. The minimum Gasteiger partial charge on any atom is -0.245 e. The van der Waals surface area contributed by atoms with E-state index in [4.69, 9.17) is 0 Å². The van der Waals surface area contributed by atoms with Crippen LogP contribution in [0.25, 0.3) is 0 Å². The highest BCUT2D eigenvalue weighted by molar-refractivity contribution is 5.24. The molecule has 0 bridgehead atoms. The van der Waals surface area contributed by atoms with Crippen molar-refractivity contribution in [2.75, 3.05) is 0 Å². The Morgan fingerprint density at radius 2 is 1.86 bits per heavy atom. The molecule has 0 aromatic carbocycles. The summed E-state index contributed by atoms with van der Waals surface area (Å²) in [7, 11) is 0. The first kappa shape index (κ1) is 13.1. The van der Waals surface area contributed by atoms with E-state index in [9.17, 15) is 0 Å². The number of aryl methyl sites for hydroxylation is 1. The predicted molar refractivity (Wildman–Crippen MR) is 61.5 cm³/mol. The summed E-state index contributed by atoms with van der Waals surface area (Å²) >= 11 is 0. The van der Waals surface area contributed by atoms with Crippen molar-refractivity contribution in [3.63, 3.8) is 0 Å². The molecule has 1 atom stereocenters. The second-order valence-corrected chi connectivity index (χ2v) is 2.87. The van der Waals surface area contributed by atoms with Crippen molar-refractivity contribution in [3.8, 4) is 0 Å². The van der Waals surface area contributed by atoms with Gasteiger partial charge in [0.2, 0.25) is 0 Å². The third-order valence-corrected chi connectivity index (χ3v) is 2.14. The highest BCUT2D eigenvalue weighted by Crippen LogP contribution is 2.29. The minimum absolute atomic E-state index is 0.651. The van der Waals surface area contributed by atoms with Crippen molar-refractivity contribution in [2.24, 2.45) is 0 Å². The highest BCUT2D eigenvalue weighted by atomic mass is 14.8. The van der Waals surface area contributed by atoms with Gasteiger partial charge in [-0.15, -0.1) is 0 Å². The van der Waals surface area contributed by atoms with Gasteiger partial charge in [0.25, 0.3) is 0 Å². The SMILES string of the molecule is CC.CC.CC1CCc2cncnc21. The molecule has 0 amide bonds. The van der Waals surface area contributed by atoms with E-state index in [1.54, 1.807) is 6.33 Å². The van der Waals surface area contributed by atoms with Gasteiger partial charge < -0.3 is 0 Å². The van der Waals surface area contributed by atoms with E-state index in [0.717, 1.165) is 6.42 Å². The van der Waals surface area contributed by atoms with Gasteiger partial charge in [0, 0.05) is 11.9 Å². The fourth-order valence-corrected chi connectivity index (χ4v) is 1.51. The summed E-state index contributed by atoms with van der Waals surface area (Å²) in [5.41, 5.74) is 2.60. The van der Waals surface area contributed by atoms with Gasteiger partial charge in [0.15, 0.2) is 0 Å². The van der Waals surface area contributed by atoms with E-state index < -0.39 is 0 Å². The zero-order valence-corrected chi connectivity index (χ0v) is 10.0. The van der Waals surface area contributed by atoms with Crippen LogP contribution in [-0.2, 0) is 6.42 Å². The molecule has 2 nitrogen and oxygen atoms in total. The van der Waals surface area contributed by atoms with Gasteiger partial charge in [-0.05, 0) is 24.3 Å². The average Bonchev–Trinajstić information content (AvgIpc) is 2.67. The molecule has 1 aliphatic rings. The third-order valence-electron chi connectivity index (χ3n) is 2.14. The van der Waals surface area contributed by atoms with Gasteiger partial charge in [0.05, 0.1) is 0 Å². The fourth-order valence-electron chi connectivity index (χ4n) is 1.51. The predicted octanol–water partition coefficient (Wildman–Crippen LogP) is 3.58. The zero-order chi connectivity index (χ0) is 11.0. The monoisotopic (exact) mass is 194 g/mol. The Bertz CT molecular complexity index is 246. The molecule has 14 heavy (non-hydrogen) atoms. The van der Waals surface area contributed by atoms with Crippen LogP contribution >= 0.6 is 0 Å². The van der Waals surface area contributed by atoms with Crippen molar-refractivity contribution in [1.82, 2.24) is 9.97 Å². The van der Waals surface area contributed by atoms with Gasteiger partial charge in [-0.3, -0.25) is 0 Å². The molecule has 0 radical (unpaired) electrons. The summed E-state index contributed by atoms with van der Waals surface area (Å²) < 4.78 is 0. The molecule has 0 spiro atoms. The van der Waals surface area contributed by atoms with Crippen LogP contribution in [-0.4, -0.2) is 9.97 Å². The first-order chi connectivity index (χ1) is 6.88. The van der Waals surface area contributed by atoms with E-state index >= 15 is 0 Å². The summed E-state index contributed by atoms with van der Waals surface area (Å²) in [4.78, 5) is 8.21. The van der Waals surface area contributed by atoms with Gasteiger partial charge in [-0.25, -0.2) is 9.97 Å². The fraction of sp³-hybridized carbons (Fsp3) is 0.667. The Morgan fingerprint density at radius 3 is 2.43 bits per heavy atom. The maximum absolute atomic E-state index is 4.23. The van der Waals surface area contributed by atoms with Crippen molar-refractivity contribution in [3.05, 3.63) is 23.8 Å². The first-order valence-electron chi connectivity index (χ1n) is 5.66. The van der Waals surface area contributed by atoms with E-state index in [-0.39, 0.29) is 0 Å². The van der Waals surface area contributed by atoms with Crippen molar-refractivity contribution >= 4 is 0 Å². The molecule has 80 valence electrons. The number of nitrogens with zero attached hydrogens (tertiary/aromatic N) is 2. The van der Waals surface area contributed by atoms with Gasteiger partial charge in [-0.2, -0.15) is 0 Å². The molecule has 0 fully saturated rings. The third kappa shape index (κ3) is 3.09. The minimum atomic E-state index is 0.651. The molecular weight excluding hydrogens is 172 g/mol. The first-order valence-corrected chi connectivity index (χ1v) is 5.66. The summed E-state index contributed by atoms with van der Waals surface area (Å²) in [6, 6.07) is 0. The summed E-state index contributed by atoms with van der Waals surface area (Å²) in [6.07, 6.45) is 5.98. The van der Waals surface area contributed by atoms with E-state index in [1.165, 1.54) is 17.7 Å². The topological polar surface area (TPSA) is 25.8 Å². The Morgan fingerprint density at radius 1 is 1.21 bits per heavy atom. The molecule has 1 heterocycles. The molecule has 0 aliphatic heterocycles. The Kier molecular flexibility index (Phi) is 6.99. The van der Waals surface area contributed by atoms with Crippen molar-refractivity contribution in [2.45, 2.75) is 53.4 Å². The second-order valence-electron chi connectivity index (χ2n) is 2.87. The summed E-state index contributed by atoms with van der Waals surface area (Å²) in [5.74, 6) is 0.651. The maximum atomic E-state index is 4.23. The van der Waals surface area contributed by atoms with Crippen LogP contribution in [0.15, 0.2) is 12.5 Å². The normalized spacial score (nSPS) is 17.1. The quantitative estimate of drug-likeness (QED) is 0.631. The van der Waals surface area contributed by atoms with Crippen molar-refractivity contribution in [1.29, 1.82) is 0 Å². The summed E-state index contributed by atoms with van der Waals surface area (Å²) in [6.45, 7) is 10.2. The molecule has 2 rings (SSSR count). The standard InChI is InChI=1S/C8H10N2.2C2H6/c1-6-2-3-7-4-9-5-10-8(6)7;2*1-2/h4-6H,2-3H2,1H3;2*1-2H3. The number of hydrogen-bond donors (Lipinski definition) is 0. The molecule has 1 aliphatic carbocycles. The number of rotatable bonds is 0. The number of hydrogen-bond acceptors (Lipinski definition) is 2. The van der Waals surface area contributed by atoms with E-state index in [2.05, 4.69) is 16.9 Å². The Balaban J connectivity index is 0.000000379. The molecule has 1 unspecified atom stereocenters. The Hall–Kier alpha value is -0.920. The van der Waals surface area contributed by atoms with Crippen LogP contribution in [0, 0.1) is 0 Å². The average molecular weight is 194 g/mol. The summed E-state index contributed by atoms with van der Waals surface area (Å²) in [5, 5.41) is 0. The molecule has 0 N–H and O–H groups in total. The van der Waals surface area contributed by atoms with Crippen LogP contribution < -0.4 is 0 Å². The number of fused-ring (bicyclic) bond motifs is 1. The maximum Gasteiger partial charge on any atom is 0.115 e. The van der Waals surface area contributed by atoms with E-state index in [1.807, 2.05) is 33.9 Å². The number of aromatic nitrogens is 2. The van der Waals surface area contributed by atoms with Crippen LogP contribution in [0.3, 0.4) is 0 Å². The molecule has 1 aromatic heterocycles. The highest BCUT2D eigenvalue weighted by Gasteiger charge is 2.18. The van der Waals surface area contributed by atoms with Crippen LogP contribution in [0.1, 0.15) is 58.2 Å². The zero-order valence-electron chi connectivity index (χ0n) is 10.0. The van der Waals surface area contributed by atoms with Gasteiger partial charge >= 0.3 is 0 Å². The molecule has 2 heteroatoms. The lowest BCUT2D eigenvalue weighted by molar-refractivity contribution is 0.730. The van der Waals surface area contributed by atoms with Crippen LogP contribution in [0.5, 0.6) is 0 Å². The molecule has 0 saturated heterocycles. The van der Waals surface area contributed by atoms with Gasteiger partial charge in [-0.1, -0.05) is 34.6 Å². The molecule has 1 aromatic rings. The smallest absolute Gasteiger partial charge is 0.115 e. The molecular formula is C12H22N2. The van der Waals surface area contributed by atoms with Crippen molar-refractivity contribution < 1.29 is 0 Å². The lowest BCUT2D eigenvalue weighted by Crippen LogP contribution is -1.91.